The molecule has 1 heterocycles. The molecule has 2 nitrogen and oxygen atoms in total. The first-order valence-corrected chi connectivity index (χ1v) is 9.23. The van der Waals surface area contributed by atoms with Gasteiger partial charge in [-0.05, 0) is 42.7 Å². The lowest BCUT2D eigenvalue weighted by molar-refractivity contribution is 0.0158. The van der Waals surface area contributed by atoms with Crippen molar-refractivity contribution in [2.24, 2.45) is 0 Å². The van der Waals surface area contributed by atoms with Gasteiger partial charge in [-0.3, -0.25) is 0 Å². The molecule has 19 heavy (non-hydrogen) atoms. The fourth-order valence-electron chi connectivity index (χ4n) is 2.60. The highest BCUT2D eigenvalue weighted by Gasteiger charge is 2.17. The smallest absolute Gasteiger partial charge is 0.0885 e. The first-order chi connectivity index (χ1) is 9.31. The van der Waals surface area contributed by atoms with Crippen molar-refractivity contribution in [3.05, 3.63) is 21.9 Å². The summed E-state index contributed by atoms with van der Waals surface area (Å²) in [5.74, 6) is 0. The Balaban J connectivity index is 1.84. The molecule has 0 radical (unpaired) electrons. The molecule has 0 aliphatic heterocycles. The normalized spacial score (nSPS) is 18.6. The minimum Gasteiger partial charge on any atom is -0.388 e. The van der Waals surface area contributed by atoms with Gasteiger partial charge in [0, 0.05) is 10.2 Å². The first-order valence-electron chi connectivity index (χ1n) is 7.23. The zero-order chi connectivity index (χ0) is 13.5. The molecule has 1 fully saturated rings. The molecule has 4 heteroatoms. The van der Waals surface area contributed by atoms with Gasteiger partial charge < -0.3 is 9.84 Å². The van der Waals surface area contributed by atoms with Crippen LogP contribution in [0.25, 0.3) is 0 Å². The zero-order valence-electron chi connectivity index (χ0n) is 11.3. The first kappa shape index (κ1) is 15.5. The molecule has 1 N–H and O–H groups in total. The van der Waals surface area contributed by atoms with E-state index in [0.29, 0.717) is 12.7 Å². The second-order valence-corrected chi connectivity index (χ2v) is 6.97. The van der Waals surface area contributed by atoms with Crippen LogP contribution in [-0.2, 0) is 11.3 Å². The van der Waals surface area contributed by atoms with E-state index in [1.165, 1.54) is 37.7 Å². The summed E-state index contributed by atoms with van der Waals surface area (Å²) in [7, 11) is 0. The quantitative estimate of drug-likeness (QED) is 0.718. The minimum absolute atomic E-state index is 0.331. The van der Waals surface area contributed by atoms with E-state index in [9.17, 15) is 5.11 Å². The van der Waals surface area contributed by atoms with Crippen molar-refractivity contribution in [3.8, 4) is 0 Å². The van der Waals surface area contributed by atoms with Crippen molar-refractivity contribution in [2.75, 3.05) is 5.33 Å². The predicted molar refractivity (Wildman–Crippen MR) is 84.0 cm³/mol. The third-order valence-electron chi connectivity index (χ3n) is 3.72. The van der Waals surface area contributed by atoms with E-state index in [2.05, 4.69) is 27.4 Å². The molecule has 108 valence electrons. The summed E-state index contributed by atoms with van der Waals surface area (Å²) in [6.07, 6.45) is 8.28. The van der Waals surface area contributed by atoms with Gasteiger partial charge in [0.1, 0.15) is 0 Å². The van der Waals surface area contributed by atoms with E-state index >= 15 is 0 Å². The molecular formula is C15H23BrO2S. The standard InChI is InChI=1S/C15H23BrO2S/c16-9-4-7-14(17)15-12(8-10-19-15)11-18-13-5-2-1-3-6-13/h8,10,13-14,17H,1-7,9,11H2. The molecule has 1 aliphatic rings. The van der Waals surface area contributed by atoms with Gasteiger partial charge in [0.25, 0.3) is 0 Å². The summed E-state index contributed by atoms with van der Waals surface area (Å²) in [5, 5.41) is 13.2. The molecule has 0 bridgehead atoms. The number of thiophene rings is 1. The molecule has 1 saturated carbocycles. The van der Waals surface area contributed by atoms with E-state index < -0.39 is 0 Å². The Hall–Kier alpha value is 0.100. The van der Waals surface area contributed by atoms with Gasteiger partial charge in [-0.25, -0.2) is 0 Å². The molecule has 0 amide bonds. The summed E-state index contributed by atoms with van der Waals surface area (Å²) >= 11 is 5.06. The number of hydrogen-bond acceptors (Lipinski definition) is 3. The highest BCUT2D eigenvalue weighted by molar-refractivity contribution is 9.09. The van der Waals surface area contributed by atoms with Crippen LogP contribution in [0, 0.1) is 0 Å². The lowest BCUT2D eigenvalue weighted by atomic mass is 9.98. The summed E-state index contributed by atoms with van der Waals surface area (Å²) in [6.45, 7) is 0.662. The molecule has 0 aromatic carbocycles. The fourth-order valence-corrected chi connectivity index (χ4v) is 3.86. The maximum Gasteiger partial charge on any atom is 0.0885 e. The van der Waals surface area contributed by atoms with E-state index in [0.717, 1.165) is 23.0 Å². The lowest BCUT2D eigenvalue weighted by Crippen LogP contribution is -2.16. The molecule has 1 atom stereocenters. The van der Waals surface area contributed by atoms with Crippen LogP contribution in [0.2, 0.25) is 0 Å². The average Bonchev–Trinajstić information content (AvgIpc) is 2.92. The topological polar surface area (TPSA) is 29.5 Å². The lowest BCUT2D eigenvalue weighted by Gasteiger charge is -2.22. The van der Waals surface area contributed by atoms with Gasteiger partial charge in [-0.1, -0.05) is 35.2 Å². The number of aliphatic hydroxyl groups excluding tert-OH is 1. The molecule has 1 unspecified atom stereocenters. The average molecular weight is 347 g/mol. The van der Waals surface area contributed by atoms with E-state index in [1.54, 1.807) is 11.3 Å². The number of rotatable bonds is 7. The van der Waals surface area contributed by atoms with Gasteiger partial charge in [0.15, 0.2) is 0 Å². The van der Waals surface area contributed by atoms with Gasteiger partial charge in [-0.15, -0.1) is 11.3 Å². The minimum atomic E-state index is -0.331. The SMILES string of the molecule is OC(CCCBr)c1sccc1COC1CCCCC1. The van der Waals surface area contributed by atoms with Crippen molar-refractivity contribution in [2.45, 2.75) is 63.8 Å². The highest BCUT2D eigenvalue weighted by atomic mass is 79.9. The number of alkyl halides is 1. The molecule has 1 aliphatic carbocycles. The van der Waals surface area contributed by atoms with Crippen LogP contribution in [0.15, 0.2) is 11.4 Å². The van der Waals surface area contributed by atoms with Gasteiger partial charge >= 0.3 is 0 Å². The van der Waals surface area contributed by atoms with Crippen LogP contribution >= 0.6 is 27.3 Å². The molecule has 1 aromatic heterocycles. The van der Waals surface area contributed by atoms with Crippen LogP contribution in [0.3, 0.4) is 0 Å². The van der Waals surface area contributed by atoms with Crippen LogP contribution in [0.5, 0.6) is 0 Å². The van der Waals surface area contributed by atoms with Crippen LogP contribution in [0.4, 0.5) is 0 Å². The third kappa shape index (κ3) is 4.85. The Bertz CT molecular complexity index is 361. The van der Waals surface area contributed by atoms with Crippen molar-refractivity contribution < 1.29 is 9.84 Å². The highest BCUT2D eigenvalue weighted by Crippen LogP contribution is 2.29. The number of halogens is 1. The summed E-state index contributed by atoms with van der Waals surface area (Å²) in [5.41, 5.74) is 1.18. The maximum absolute atomic E-state index is 10.2. The second kappa shape index (κ2) is 8.40. The molecule has 0 spiro atoms. The Morgan fingerprint density at radius 3 is 2.89 bits per heavy atom. The molecule has 2 rings (SSSR count). The van der Waals surface area contributed by atoms with Gasteiger partial charge in [0.2, 0.25) is 0 Å². The Kier molecular flexibility index (Phi) is 6.85. The van der Waals surface area contributed by atoms with E-state index in [4.69, 9.17) is 4.74 Å². The van der Waals surface area contributed by atoms with Crippen LogP contribution < -0.4 is 0 Å². The Morgan fingerprint density at radius 1 is 1.37 bits per heavy atom. The van der Waals surface area contributed by atoms with E-state index in [-0.39, 0.29) is 6.10 Å². The molecule has 1 aromatic rings. The zero-order valence-corrected chi connectivity index (χ0v) is 13.7. The van der Waals surface area contributed by atoms with Crippen molar-refractivity contribution in [1.29, 1.82) is 0 Å². The Morgan fingerprint density at radius 2 is 2.16 bits per heavy atom. The van der Waals surface area contributed by atoms with Crippen molar-refractivity contribution in [1.82, 2.24) is 0 Å². The third-order valence-corrected chi connectivity index (χ3v) is 5.34. The van der Waals surface area contributed by atoms with Crippen LogP contribution in [-0.4, -0.2) is 16.5 Å². The monoisotopic (exact) mass is 346 g/mol. The summed E-state index contributed by atoms with van der Waals surface area (Å²) in [6, 6.07) is 2.10. The van der Waals surface area contributed by atoms with Gasteiger partial charge in [0.05, 0.1) is 18.8 Å². The van der Waals surface area contributed by atoms with Crippen molar-refractivity contribution in [3.63, 3.8) is 0 Å². The fraction of sp³-hybridized carbons (Fsp3) is 0.733. The number of hydrogen-bond donors (Lipinski definition) is 1. The van der Waals surface area contributed by atoms with Crippen LogP contribution in [0.1, 0.15) is 61.5 Å². The van der Waals surface area contributed by atoms with Crippen molar-refractivity contribution >= 4 is 27.3 Å². The number of aliphatic hydroxyl groups is 1. The summed E-state index contributed by atoms with van der Waals surface area (Å²) < 4.78 is 6.01. The molecule has 0 saturated heterocycles. The Labute approximate surface area is 128 Å². The van der Waals surface area contributed by atoms with Gasteiger partial charge in [-0.2, -0.15) is 0 Å². The predicted octanol–water partition coefficient (Wildman–Crippen LogP) is 4.81. The number of ether oxygens (including phenoxy) is 1. The maximum atomic E-state index is 10.2. The summed E-state index contributed by atoms with van der Waals surface area (Å²) in [4.78, 5) is 1.09. The van der Waals surface area contributed by atoms with E-state index in [1.807, 2.05) is 0 Å². The second-order valence-electron chi connectivity index (χ2n) is 5.23. The molecular weight excluding hydrogens is 324 g/mol. The largest absolute Gasteiger partial charge is 0.388 e.